The maximum absolute atomic E-state index is 13.3. The van der Waals surface area contributed by atoms with Gasteiger partial charge in [-0.2, -0.15) is 0 Å². The lowest BCUT2D eigenvalue weighted by Gasteiger charge is -2.24. The van der Waals surface area contributed by atoms with Crippen molar-refractivity contribution in [1.82, 2.24) is 5.32 Å². The summed E-state index contributed by atoms with van der Waals surface area (Å²) in [6.45, 7) is 6.04. The molecule has 0 bridgehead atoms. The Morgan fingerprint density at radius 2 is 1.83 bits per heavy atom. The van der Waals surface area contributed by atoms with Crippen molar-refractivity contribution in [3.63, 3.8) is 0 Å². The Balaban J connectivity index is 2.44. The van der Waals surface area contributed by atoms with Crippen molar-refractivity contribution in [2.45, 2.75) is 39.8 Å². The summed E-state index contributed by atoms with van der Waals surface area (Å²) in [7, 11) is -3.66. The van der Waals surface area contributed by atoms with Gasteiger partial charge in [-0.25, -0.2) is 12.8 Å². The molecule has 1 atom stereocenters. The molecule has 0 aliphatic carbocycles. The van der Waals surface area contributed by atoms with Crippen LogP contribution in [0.5, 0.6) is 5.75 Å². The highest BCUT2D eigenvalue weighted by atomic mass is 32.2. The van der Waals surface area contributed by atoms with Crippen molar-refractivity contribution in [3.05, 3.63) is 59.4 Å². The third kappa shape index (κ3) is 6.19. The first-order valence-corrected chi connectivity index (χ1v) is 11.3. The van der Waals surface area contributed by atoms with Crippen molar-refractivity contribution in [3.8, 4) is 5.75 Å². The molecule has 0 fully saturated rings. The van der Waals surface area contributed by atoms with Gasteiger partial charge in [0, 0.05) is 17.2 Å². The highest BCUT2D eigenvalue weighted by Gasteiger charge is 2.21. The second-order valence-corrected chi connectivity index (χ2v) is 8.69. The van der Waals surface area contributed by atoms with E-state index in [1.54, 1.807) is 18.2 Å². The lowest BCUT2D eigenvalue weighted by Crippen LogP contribution is -2.32. The van der Waals surface area contributed by atoms with Gasteiger partial charge in [-0.05, 0) is 62.7 Å². The van der Waals surface area contributed by atoms with Crippen molar-refractivity contribution >= 4 is 21.6 Å². The lowest BCUT2D eigenvalue weighted by molar-refractivity contribution is 0.0939. The fourth-order valence-electron chi connectivity index (χ4n) is 2.71. The number of hydrogen-bond acceptors (Lipinski definition) is 4. The minimum Gasteiger partial charge on any atom is -0.494 e. The molecule has 0 radical (unpaired) electrons. The van der Waals surface area contributed by atoms with Gasteiger partial charge in [0.05, 0.1) is 25.1 Å². The maximum atomic E-state index is 13.3. The lowest BCUT2D eigenvalue weighted by atomic mass is 10.1. The molecular formula is C21H27FN2O4S. The summed E-state index contributed by atoms with van der Waals surface area (Å²) >= 11 is 0. The van der Waals surface area contributed by atoms with Crippen LogP contribution in [-0.2, 0) is 16.6 Å². The van der Waals surface area contributed by atoms with Gasteiger partial charge in [0.25, 0.3) is 5.91 Å². The van der Waals surface area contributed by atoms with E-state index in [0.717, 1.165) is 17.0 Å². The molecule has 0 unspecified atom stereocenters. The topological polar surface area (TPSA) is 75.7 Å². The molecular weight excluding hydrogens is 395 g/mol. The average molecular weight is 423 g/mol. The zero-order chi connectivity index (χ0) is 21.6. The summed E-state index contributed by atoms with van der Waals surface area (Å²) in [6.07, 6.45) is 1.87. The van der Waals surface area contributed by atoms with Gasteiger partial charge in [-0.3, -0.25) is 9.10 Å². The largest absolute Gasteiger partial charge is 0.494 e. The number of nitrogens with one attached hydrogen (secondary N) is 1. The van der Waals surface area contributed by atoms with Crippen LogP contribution in [0.25, 0.3) is 0 Å². The molecule has 0 aromatic heterocycles. The van der Waals surface area contributed by atoms with Crippen molar-refractivity contribution in [2.75, 3.05) is 17.2 Å². The van der Waals surface area contributed by atoms with Crippen LogP contribution in [0.4, 0.5) is 10.1 Å². The number of amides is 1. The predicted octanol–water partition coefficient (Wildman–Crippen LogP) is 3.72. The van der Waals surface area contributed by atoms with Crippen LogP contribution in [0.15, 0.2) is 42.5 Å². The van der Waals surface area contributed by atoms with E-state index >= 15 is 0 Å². The summed E-state index contributed by atoms with van der Waals surface area (Å²) in [4.78, 5) is 12.5. The molecule has 0 heterocycles. The molecule has 0 saturated carbocycles. The summed E-state index contributed by atoms with van der Waals surface area (Å²) in [5.41, 5.74) is 1.28. The van der Waals surface area contributed by atoms with Gasteiger partial charge in [-0.15, -0.1) is 0 Å². The number of carbonyl (C=O) groups excluding carboxylic acids is 1. The van der Waals surface area contributed by atoms with Gasteiger partial charge >= 0.3 is 0 Å². The molecule has 8 heteroatoms. The Labute approximate surface area is 171 Å². The minimum absolute atomic E-state index is 0.0178. The van der Waals surface area contributed by atoms with Crippen molar-refractivity contribution in [1.29, 1.82) is 0 Å². The molecule has 0 aliphatic heterocycles. The quantitative estimate of drug-likeness (QED) is 0.668. The molecule has 0 aliphatic rings. The molecule has 1 N–H and O–H groups in total. The molecule has 158 valence electrons. The third-order valence-electron chi connectivity index (χ3n) is 4.44. The molecule has 0 spiro atoms. The van der Waals surface area contributed by atoms with E-state index in [2.05, 4.69) is 5.32 Å². The van der Waals surface area contributed by atoms with Crippen LogP contribution in [0, 0.1) is 5.82 Å². The molecule has 1 amide bonds. The second-order valence-electron chi connectivity index (χ2n) is 6.78. The maximum Gasteiger partial charge on any atom is 0.251 e. The number of benzene rings is 2. The first-order valence-electron chi connectivity index (χ1n) is 9.45. The van der Waals surface area contributed by atoms with Crippen LogP contribution in [-0.4, -0.2) is 33.2 Å². The number of carbonyl (C=O) groups is 1. The standard InChI is InChI=1S/C21H27FN2O4S/c1-5-15(3)23-21(25)16-7-12-20(28-6-2)17(13-16)14-24(29(4,26)27)19-10-8-18(22)9-11-19/h7-13,15H,5-6,14H2,1-4H3,(H,23,25)/t15-/m0/s1. The predicted molar refractivity (Wildman–Crippen MR) is 112 cm³/mol. The van der Waals surface area contributed by atoms with E-state index < -0.39 is 15.8 Å². The number of anilines is 1. The molecule has 0 saturated heterocycles. The van der Waals surface area contributed by atoms with E-state index in [-0.39, 0.29) is 18.5 Å². The highest BCUT2D eigenvalue weighted by molar-refractivity contribution is 7.92. The highest BCUT2D eigenvalue weighted by Crippen LogP contribution is 2.27. The molecule has 6 nitrogen and oxygen atoms in total. The SMILES string of the molecule is CCOc1ccc(C(=O)N[C@@H](C)CC)cc1CN(c1ccc(F)cc1)S(C)(=O)=O. The van der Waals surface area contributed by atoms with E-state index in [0.29, 0.717) is 29.2 Å². The first-order chi connectivity index (χ1) is 13.7. The van der Waals surface area contributed by atoms with Crippen molar-refractivity contribution in [2.24, 2.45) is 0 Å². The zero-order valence-corrected chi connectivity index (χ0v) is 17.9. The number of ether oxygens (including phenoxy) is 1. The molecule has 2 rings (SSSR count). The number of sulfonamides is 1. The Morgan fingerprint density at radius 3 is 2.38 bits per heavy atom. The van der Waals surface area contributed by atoms with Crippen LogP contribution in [0.1, 0.15) is 43.1 Å². The van der Waals surface area contributed by atoms with Gasteiger partial charge in [0.1, 0.15) is 11.6 Å². The monoisotopic (exact) mass is 422 g/mol. The van der Waals surface area contributed by atoms with Crippen LogP contribution in [0.3, 0.4) is 0 Å². The number of nitrogens with zero attached hydrogens (tertiary/aromatic N) is 1. The Bertz CT molecular complexity index is 946. The third-order valence-corrected chi connectivity index (χ3v) is 5.58. The Morgan fingerprint density at radius 1 is 1.17 bits per heavy atom. The summed E-state index contributed by atoms with van der Waals surface area (Å²) in [6, 6.07) is 10.2. The van der Waals surface area contributed by atoms with Crippen LogP contribution < -0.4 is 14.4 Å². The van der Waals surface area contributed by atoms with E-state index in [1.165, 1.54) is 24.3 Å². The molecule has 2 aromatic rings. The van der Waals surface area contributed by atoms with Gasteiger partial charge < -0.3 is 10.1 Å². The van der Waals surface area contributed by atoms with E-state index in [4.69, 9.17) is 4.74 Å². The summed E-state index contributed by atoms with van der Waals surface area (Å²) < 4.78 is 44.9. The molecule has 29 heavy (non-hydrogen) atoms. The summed E-state index contributed by atoms with van der Waals surface area (Å²) in [5, 5.41) is 2.89. The molecule has 2 aromatic carbocycles. The fourth-order valence-corrected chi connectivity index (χ4v) is 3.59. The Hall–Kier alpha value is -2.61. The van der Waals surface area contributed by atoms with E-state index in [9.17, 15) is 17.6 Å². The van der Waals surface area contributed by atoms with Crippen molar-refractivity contribution < 1.29 is 22.3 Å². The smallest absolute Gasteiger partial charge is 0.251 e. The van der Waals surface area contributed by atoms with Gasteiger partial charge in [0.2, 0.25) is 10.0 Å². The van der Waals surface area contributed by atoms with Crippen LogP contribution >= 0.6 is 0 Å². The normalized spacial score (nSPS) is 12.3. The number of halogens is 1. The number of rotatable bonds is 9. The minimum atomic E-state index is -3.66. The van der Waals surface area contributed by atoms with E-state index in [1.807, 2.05) is 20.8 Å². The summed E-state index contributed by atoms with van der Waals surface area (Å²) in [5.74, 6) is -0.208. The van der Waals surface area contributed by atoms with Gasteiger partial charge in [-0.1, -0.05) is 6.92 Å². The Kier molecular flexibility index (Phi) is 7.61. The second kappa shape index (κ2) is 9.73. The zero-order valence-electron chi connectivity index (χ0n) is 17.1. The average Bonchev–Trinajstić information content (AvgIpc) is 2.67. The van der Waals surface area contributed by atoms with Gasteiger partial charge in [0.15, 0.2) is 0 Å². The number of hydrogen-bond donors (Lipinski definition) is 1. The fraction of sp³-hybridized carbons (Fsp3) is 0.381. The first kappa shape index (κ1) is 22.7. The van der Waals surface area contributed by atoms with Crippen LogP contribution in [0.2, 0.25) is 0 Å².